The Balaban J connectivity index is 1.87. The van der Waals surface area contributed by atoms with Crippen LogP contribution in [-0.2, 0) is 9.53 Å². The fraction of sp³-hybridized carbons (Fsp3) is 0.211. The van der Waals surface area contributed by atoms with Gasteiger partial charge >= 0.3 is 12.0 Å². The van der Waals surface area contributed by atoms with Gasteiger partial charge in [-0.2, -0.15) is 0 Å². The van der Waals surface area contributed by atoms with Crippen LogP contribution in [-0.4, -0.2) is 35.4 Å². The number of ether oxygens (including phenoxy) is 1. The summed E-state index contributed by atoms with van der Waals surface area (Å²) in [6, 6.07) is 11.1. The molecular formula is C19H19N3O6. The lowest BCUT2D eigenvalue weighted by Gasteiger charge is -2.14. The van der Waals surface area contributed by atoms with Crippen LogP contribution < -0.4 is 10.6 Å². The monoisotopic (exact) mass is 385 g/mol. The molecule has 0 radical (unpaired) electrons. The van der Waals surface area contributed by atoms with Gasteiger partial charge in [0.1, 0.15) is 6.04 Å². The first kappa shape index (κ1) is 20.6. The second-order valence-electron chi connectivity index (χ2n) is 5.98. The number of nitro groups is 1. The zero-order chi connectivity index (χ0) is 20.7. The molecule has 2 amide bonds. The van der Waals surface area contributed by atoms with E-state index in [9.17, 15) is 24.5 Å². The molecule has 0 saturated carbocycles. The van der Waals surface area contributed by atoms with Crippen LogP contribution in [0.15, 0.2) is 48.5 Å². The van der Waals surface area contributed by atoms with E-state index in [4.69, 9.17) is 4.74 Å². The highest BCUT2D eigenvalue weighted by Crippen LogP contribution is 2.19. The summed E-state index contributed by atoms with van der Waals surface area (Å²) in [5.74, 6) is -1.39. The molecule has 0 aliphatic carbocycles. The van der Waals surface area contributed by atoms with E-state index in [0.717, 1.165) is 6.07 Å². The Morgan fingerprint density at radius 1 is 1.14 bits per heavy atom. The molecule has 0 aliphatic heterocycles. The van der Waals surface area contributed by atoms with Crippen molar-refractivity contribution in [2.45, 2.75) is 19.9 Å². The maximum Gasteiger partial charge on any atom is 0.328 e. The van der Waals surface area contributed by atoms with Crippen LogP contribution in [0.2, 0.25) is 0 Å². The average molecular weight is 385 g/mol. The maximum atomic E-state index is 12.1. The molecule has 2 aromatic carbocycles. The number of ketones is 1. The molecule has 2 aromatic rings. The van der Waals surface area contributed by atoms with E-state index in [0.29, 0.717) is 11.3 Å². The van der Waals surface area contributed by atoms with Gasteiger partial charge in [0.15, 0.2) is 6.61 Å². The minimum atomic E-state index is -0.996. The molecule has 1 atom stereocenters. The van der Waals surface area contributed by atoms with Crippen molar-refractivity contribution in [2.75, 3.05) is 11.9 Å². The number of urea groups is 1. The van der Waals surface area contributed by atoms with Crippen LogP contribution in [0.4, 0.5) is 16.2 Å². The summed E-state index contributed by atoms with van der Waals surface area (Å²) < 4.78 is 4.90. The first-order valence-electron chi connectivity index (χ1n) is 8.35. The highest BCUT2D eigenvalue weighted by atomic mass is 16.6. The molecule has 2 N–H and O–H groups in total. The van der Waals surface area contributed by atoms with E-state index in [2.05, 4.69) is 10.6 Å². The number of rotatable bonds is 7. The van der Waals surface area contributed by atoms with E-state index in [1.165, 1.54) is 19.1 Å². The number of para-hydroxylation sites is 1. The topological polar surface area (TPSA) is 128 Å². The number of nitrogens with one attached hydrogen (secondary N) is 2. The van der Waals surface area contributed by atoms with Gasteiger partial charge in [-0.15, -0.1) is 0 Å². The Hall–Kier alpha value is -3.75. The zero-order valence-corrected chi connectivity index (χ0v) is 15.3. The van der Waals surface area contributed by atoms with Gasteiger partial charge in [-0.1, -0.05) is 30.3 Å². The van der Waals surface area contributed by atoms with Crippen molar-refractivity contribution in [1.82, 2.24) is 5.32 Å². The van der Waals surface area contributed by atoms with E-state index in [-0.39, 0.29) is 11.3 Å². The highest BCUT2D eigenvalue weighted by Gasteiger charge is 2.20. The number of benzene rings is 2. The molecule has 0 saturated heterocycles. The minimum Gasteiger partial charge on any atom is -0.456 e. The van der Waals surface area contributed by atoms with Crippen molar-refractivity contribution in [1.29, 1.82) is 0 Å². The molecule has 2 rings (SSSR count). The number of anilines is 1. The summed E-state index contributed by atoms with van der Waals surface area (Å²) in [6.45, 7) is 2.37. The summed E-state index contributed by atoms with van der Waals surface area (Å²) in [6.07, 6.45) is 0. The number of esters is 1. The summed E-state index contributed by atoms with van der Waals surface area (Å²) in [7, 11) is 0. The van der Waals surface area contributed by atoms with Crippen LogP contribution in [0.5, 0.6) is 0 Å². The van der Waals surface area contributed by atoms with Crippen molar-refractivity contribution in [2.24, 2.45) is 0 Å². The van der Waals surface area contributed by atoms with E-state index < -0.39 is 35.4 Å². The molecule has 146 valence electrons. The Morgan fingerprint density at radius 2 is 1.82 bits per heavy atom. The van der Waals surface area contributed by atoms with E-state index in [1.54, 1.807) is 37.3 Å². The fourth-order valence-corrected chi connectivity index (χ4v) is 2.27. The van der Waals surface area contributed by atoms with Crippen molar-refractivity contribution in [3.05, 3.63) is 69.8 Å². The Labute approximate surface area is 160 Å². The van der Waals surface area contributed by atoms with Gasteiger partial charge in [-0.3, -0.25) is 14.9 Å². The minimum absolute atomic E-state index is 0.0625. The second-order valence-corrected chi connectivity index (χ2v) is 5.98. The number of aryl methyl sites for hydroxylation is 1. The van der Waals surface area contributed by atoms with Gasteiger partial charge in [0.05, 0.1) is 4.92 Å². The molecule has 9 nitrogen and oxygen atoms in total. The lowest BCUT2D eigenvalue weighted by atomic mass is 10.1. The third kappa shape index (κ3) is 5.63. The normalized spacial score (nSPS) is 11.2. The molecule has 28 heavy (non-hydrogen) atoms. The third-order valence-corrected chi connectivity index (χ3v) is 3.81. The molecule has 0 fully saturated rings. The Kier molecular flexibility index (Phi) is 6.80. The zero-order valence-electron chi connectivity index (χ0n) is 15.3. The number of nitrogens with zero attached hydrogens (tertiary/aromatic N) is 1. The van der Waals surface area contributed by atoms with Gasteiger partial charge in [0.2, 0.25) is 5.78 Å². The Bertz CT molecular complexity index is 898. The lowest BCUT2D eigenvalue weighted by molar-refractivity contribution is -0.385. The van der Waals surface area contributed by atoms with Crippen LogP contribution in [0.3, 0.4) is 0 Å². The summed E-state index contributed by atoms with van der Waals surface area (Å²) in [5, 5.41) is 15.9. The lowest BCUT2D eigenvalue weighted by Crippen LogP contribution is -2.42. The third-order valence-electron chi connectivity index (χ3n) is 3.81. The number of amides is 2. The number of hydrogen-bond acceptors (Lipinski definition) is 6. The van der Waals surface area contributed by atoms with Crippen molar-refractivity contribution < 1.29 is 24.0 Å². The highest BCUT2D eigenvalue weighted by molar-refractivity contribution is 5.99. The molecule has 0 aliphatic rings. The molecular weight excluding hydrogens is 366 g/mol. The quantitative estimate of drug-likeness (QED) is 0.326. The first-order valence-corrected chi connectivity index (χ1v) is 8.35. The molecule has 9 heteroatoms. The maximum absolute atomic E-state index is 12.1. The SMILES string of the molecule is Cc1ccc(C(=O)COC(=O)[C@H](C)NC(=O)Nc2ccccc2)cc1[N+](=O)[O-]. The van der Waals surface area contributed by atoms with E-state index >= 15 is 0 Å². The van der Waals surface area contributed by atoms with E-state index in [1.807, 2.05) is 0 Å². The van der Waals surface area contributed by atoms with Crippen LogP contribution >= 0.6 is 0 Å². The van der Waals surface area contributed by atoms with Gasteiger partial charge in [0, 0.05) is 22.9 Å². The summed E-state index contributed by atoms with van der Waals surface area (Å²) >= 11 is 0. The number of carbonyl (C=O) groups is 3. The molecule has 0 heterocycles. The summed E-state index contributed by atoms with van der Waals surface area (Å²) in [5.41, 5.74) is 0.842. The predicted octanol–water partition coefficient (Wildman–Crippen LogP) is 2.84. The number of hydrogen-bond donors (Lipinski definition) is 2. The second kappa shape index (κ2) is 9.26. The van der Waals surface area contributed by atoms with Gasteiger partial charge in [-0.05, 0) is 26.0 Å². The molecule has 0 spiro atoms. The summed E-state index contributed by atoms with van der Waals surface area (Å²) in [4.78, 5) is 46.3. The van der Waals surface area contributed by atoms with Crippen LogP contribution in [0, 0.1) is 17.0 Å². The Morgan fingerprint density at radius 3 is 2.46 bits per heavy atom. The van der Waals surface area contributed by atoms with Crippen LogP contribution in [0.1, 0.15) is 22.8 Å². The van der Waals surface area contributed by atoms with Gasteiger partial charge in [-0.25, -0.2) is 9.59 Å². The standard InChI is InChI=1S/C19H19N3O6/c1-12-8-9-14(10-16(12)22(26)27)17(23)11-28-18(24)13(2)20-19(25)21-15-6-4-3-5-7-15/h3-10,13H,11H2,1-2H3,(H2,20,21,25)/t13-/m0/s1. The van der Waals surface area contributed by atoms with Crippen molar-refractivity contribution >= 4 is 29.2 Å². The van der Waals surface area contributed by atoms with Gasteiger partial charge in [0.25, 0.3) is 5.69 Å². The fourth-order valence-electron chi connectivity index (χ4n) is 2.27. The number of nitro benzene ring substituents is 1. The number of carbonyl (C=O) groups excluding carboxylic acids is 3. The van der Waals surface area contributed by atoms with Gasteiger partial charge < -0.3 is 15.4 Å². The number of Topliss-reactive ketones (excluding diaryl/α,β-unsaturated/α-hetero) is 1. The predicted molar refractivity (Wildman–Crippen MR) is 101 cm³/mol. The van der Waals surface area contributed by atoms with Crippen LogP contribution in [0.25, 0.3) is 0 Å². The smallest absolute Gasteiger partial charge is 0.328 e. The van der Waals surface area contributed by atoms with Crippen molar-refractivity contribution in [3.63, 3.8) is 0 Å². The molecule has 0 bridgehead atoms. The first-order chi connectivity index (χ1) is 13.3. The van der Waals surface area contributed by atoms with Crippen molar-refractivity contribution in [3.8, 4) is 0 Å². The molecule has 0 aromatic heterocycles. The largest absolute Gasteiger partial charge is 0.456 e. The molecule has 0 unspecified atom stereocenters. The average Bonchev–Trinajstić information content (AvgIpc) is 2.66.